The molecule has 0 saturated heterocycles. The van der Waals surface area contributed by atoms with Crippen LogP contribution in [0.1, 0.15) is 17.7 Å². The maximum Gasteiger partial charge on any atom is 0.321 e. The van der Waals surface area contributed by atoms with Crippen molar-refractivity contribution >= 4 is 11.9 Å². The van der Waals surface area contributed by atoms with Gasteiger partial charge < -0.3 is 15.3 Å². The highest BCUT2D eigenvalue weighted by Gasteiger charge is 2.49. The van der Waals surface area contributed by atoms with E-state index in [4.69, 9.17) is 10.2 Å². The smallest absolute Gasteiger partial charge is 0.321 e. The molecule has 7 heteroatoms. The van der Waals surface area contributed by atoms with Gasteiger partial charge in [-0.2, -0.15) is 0 Å². The van der Waals surface area contributed by atoms with E-state index >= 15 is 0 Å². The molecular formula is C9H10N2O5. The van der Waals surface area contributed by atoms with E-state index in [2.05, 4.69) is 10.2 Å². The predicted octanol–water partition coefficient (Wildman–Crippen LogP) is -0.653. The largest absolute Gasteiger partial charge is 0.480 e. The van der Waals surface area contributed by atoms with Crippen LogP contribution >= 0.6 is 0 Å². The standard InChI is InChI=1S/C9H10N2O5/c12-6-4-3-9(7(13)14,8(15)16)2-1-5(4)10-11-6/h1-3H2,(H,13,14)(H,15,16)(H2,10,11,12). The molecule has 0 amide bonds. The Bertz CT molecular complexity index is 498. The molecule has 0 atom stereocenters. The zero-order valence-electron chi connectivity index (χ0n) is 8.24. The van der Waals surface area contributed by atoms with E-state index in [0.29, 0.717) is 5.69 Å². The number of hydrogen-bond donors (Lipinski definition) is 4. The van der Waals surface area contributed by atoms with Crippen LogP contribution in [0, 0.1) is 5.41 Å². The molecule has 1 aliphatic rings. The summed E-state index contributed by atoms with van der Waals surface area (Å²) < 4.78 is 0. The van der Waals surface area contributed by atoms with Gasteiger partial charge in [0.25, 0.3) is 5.56 Å². The number of H-pyrrole nitrogens is 2. The first-order chi connectivity index (χ1) is 7.47. The third-order valence-electron chi connectivity index (χ3n) is 3.06. The summed E-state index contributed by atoms with van der Waals surface area (Å²) in [6, 6.07) is 0. The molecule has 0 fully saturated rings. The summed E-state index contributed by atoms with van der Waals surface area (Å²) in [5, 5.41) is 23.0. The Morgan fingerprint density at radius 3 is 2.38 bits per heavy atom. The first kappa shape index (κ1) is 10.5. The van der Waals surface area contributed by atoms with Crippen molar-refractivity contribution in [3.63, 3.8) is 0 Å². The molecule has 86 valence electrons. The Balaban J connectivity index is 2.50. The van der Waals surface area contributed by atoms with Crippen LogP contribution in [0.5, 0.6) is 0 Å². The number of nitrogens with one attached hydrogen (secondary N) is 2. The Hall–Kier alpha value is -2.05. The van der Waals surface area contributed by atoms with Crippen molar-refractivity contribution < 1.29 is 19.8 Å². The molecule has 1 heterocycles. The van der Waals surface area contributed by atoms with Gasteiger partial charge in [0, 0.05) is 17.7 Å². The highest BCUT2D eigenvalue weighted by atomic mass is 16.4. The van der Waals surface area contributed by atoms with Crippen LogP contribution in [0.4, 0.5) is 0 Å². The van der Waals surface area contributed by atoms with Gasteiger partial charge in [-0.15, -0.1) is 0 Å². The fraction of sp³-hybridized carbons (Fsp3) is 0.444. The van der Waals surface area contributed by atoms with Crippen molar-refractivity contribution in [2.24, 2.45) is 5.41 Å². The van der Waals surface area contributed by atoms with E-state index < -0.39 is 22.9 Å². The molecule has 7 nitrogen and oxygen atoms in total. The molecule has 0 aromatic carbocycles. The number of fused-ring (bicyclic) bond motifs is 1. The van der Waals surface area contributed by atoms with Crippen LogP contribution in [0.25, 0.3) is 0 Å². The van der Waals surface area contributed by atoms with Gasteiger partial charge in [-0.25, -0.2) is 0 Å². The average Bonchev–Trinajstić information content (AvgIpc) is 2.59. The minimum absolute atomic E-state index is 0.0154. The zero-order valence-corrected chi connectivity index (χ0v) is 8.24. The van der Waals surface area contributed by atoms with Crippen molar-refractivity contribution in [3.05, 3.63) is 21.6 Å². The molecule has 1 aliphatic carbocycles. The summed E-state index contributed by atoms with van der Waals surface area (Å²) in [4.78, 5) is 33.4. The number of aromatic nitrogens is 2. The van der Waals surface area contributed by atoms with Crippen LogP contribution in [0.15, 0.2) is 4.79 Å². The van der Waals surface area contributed by atoms with Gasteiger partial charge in [-0.05, 0) is 12.8 Å². The lowest BCUT2D eigenvalue weighted by molar-refractivity contribution is -0.165. The normalized spacial score (nSPS) is 17.8. The highest BCUT2D eigenvalue weighted by Crippen LogP contribution is 2.34. The summed E-state index contributed by atoms with van der Waals surface area (Å²) in [6.45, 7) is 0. The minimum atomic E-state index is -1.87. The van der Waals surface area contributed by atoms with Gasteiger partial charge in [0.15, 0.2) is 5.41 Å². The maximum atomic E-state index is 11.3. The topological polar surface area (TPSA) is 123 Å². The predicted molar refractivity (Wildman–Crippen MR) is 51.1 cm³/mol. The number of aryl methyl sites for hydroxylation is 1. The van der Waals surface area contributed by atoms with Crippen molar-refractivity contribution in [1.29, 1.82) is 0 Å². The minimum Gasteiger partial charge on any atom is -0.480 e. The summed E-state index contributed by atoms with van der Waals surface area (Å²) in [7, 11) is 0. The second kappa shape index (κ2) is 3.22. The molecule has 0 radical (unpaired) electrons. The monoisotopic (exact) mass is 226 g/mol. The van der Waals surface area contributed by atoms with Crippen LogP contribution in [0.3, 0.4) is 0 Å². The summed E-state index contributed by atoms with van der Waals surface area (Å²) >= 11 is 0. The van der Waals surface area contributed by atoms with E-state index in [9.17, 15) is 14.4 Å². The van der Waals surface area contributed by atoms with E-state index in [-0.39, 0.29) is 24.8 Å². The molecule has 0 unspecified atom stereocenters. The molecule has 4 N–H and O–H groups in total. The first-order valence-corrected chi connectivity index (χ1v) is 4.72. The van der Waals surface area contributed by atoms with Gasteiger partial charge in [0.05, 0.1) is 0 Å². The van der Waals surface area contributed by atoms with E-state index in [1.165, 1.54) is 0 Å². The van der Waals surface area contributed by atoms with Crippen molar-refractivity contribution in [1.82, 2.24) is 10.2 Å². The molecular weight excluding hydrogens is 216 g/mol. The molecule has 1 aromatic heterocycles. The fourth-order valence-electron chi connectivity index (χ4n) is 2.01. The number of rotatable bonds is 2. The molecule has 2 rings (SSSR count). The Kier molecular flexibility index (Phi) is 2.11. The number of hydrogen-bond acceptors (Lipinski definition) is 3. The third kappa shape index (κ3) is 1.24. The maximum absolute atomic E-state index is 11.3. The molecule has 0 aliphatic heterocycles. The molecule has 0 bridgehead atoms. The average molecular weight is 226 g/mol. The van der Waals surface area contributed by atoms with Crippen LogP contribution < -0.4 is 5.56 Å². The Labute approximate surface area is 89.1 Å². The zero-order chi connectivity index (χ0) is 11.9. The third-order valence-corrected chi connectivity index (χ3v) is 3.06. The van der Waals surface area contributed by atoms with E-state index in [1.54, 1.807) is 0 Å². The van der Waals surface area contributed by atoms with Gasteiger partial charge >= 0.3 is 11.9 Å². The first-order valence-electron chi connectivity index (χ1n) is 4.72. The molecule has 1 aromatic rings. The molecule has 0 saturated carbocycles. The van der Waals surface area contributed by atoms with Crippen molar-refractivity contribution in [3.8, 4) is 0 Å². The quantitative estimate of drug-likeness (QED) is 0.499. The van der Waals surface area contributed by atoms with Crippen LogP contribution in [0.2, 0.25) is 0 Å². The van der Waals surface area contributed by atoms with E-state index in [0.717, 1.165) is 0 Å². The van der Waals surface area contributed by atoms with Crippen LogP contribution in [-0.4, -0.2) is 32.3 Å². The van der Waals surface area contributed by atoms with Gasteiger partial charge in [0.1, 0.15) is 0 Å². The number of aliphatic carboxylic acids is 2. The lowest BCUT2D eigenvalue weighted by atomic mass is 9.73. The van der Waals surface area contributed by atoms with E-state index in [1.807, 2.05) is 0 Å². The van der Waals surface area contributed by atoms with Crippen molar-refractivity contribution in [2.45, 2.75) is 19.3 Å². The van der Waals surface area contributed by atoms with Gasteiger partial charge in [0.2, 0.25) is 0 Å². The lowest BCUT2D eigenvalue weighted by Gasteiger charge is -2.27. The number of aromatic amines is 2. The summed E-state index contributed by atoms with van der Waals surface area (Å²) in [5.74, 6) is -2.79. The number of carbonyl (C=O) groups is 2. The van der Waals surface area contributed by atoms with Crippen LogP contribution in [-0.2, 0) is 22.4 Å². The number of carboxylic acids is 2. The fourth-order valence-corrected chi connectivity index (χ4v) is 2.01. The Morgan fingerprint density at radius 2 is 1.81 bits per heavy atom. The lowest BCUT2D eigenvalue weighted by Crippen LogP contribution is -2.44. The highest BCUT2D eigenvalue weighted by molar-refractivity contribution is 5.98. The molecule has 0 spiro atoms. The van der Waals surface area contributed by atoms with Gasteiger partial charge in [-0.1, -0.05) is 0 Å². The summed E-state index contributed by atoms with van der Waals surface area (Å²) in [5.41, 5.74) is -1.48. The number of carboxylic acid groups (broad SMARTS) is 2. The summed E-state index contributed by atoms with van der Waals surface area (Å²) in [6.07, 6.45) is -0.0447. The Morgan fingerprint density at radius 1 is 1.19 bits per heavy atom. The van der Waals surface area contributed by atoms with Crippen molar-refractivity contribution in [2.75, 3.05) is 0 Å². The SMILES string of the molecule is O=C(O)C1(C(=O)O)CCc2[nH][nH]c(=O)c2C1. The van der Waals surface area contributed by atoms with Gasteiger partial charge in [-0.3, -0.25) is 19.5 Å². The second-order valence-electron chi connectivity index (χ2n) is 3.91. The second-order valence-corrected chi connectivity index (χ2v) is 3.91. The molecule has 16 heavy (non-hydrogen) atoms.